The molecule has 4 heterocycles. The number of H-pyrrole nitrogens is 2. The van der Waals surface area contributed by atoms with Gasteiger partial charge in [-0.1, -0.05) is 62.4 Å². The molecule has 6 rings (SSSR count). The fourth-order valence-corrected chi connectivity index (χ4v) is 7.09. The van der Waals surface area contributed by atoms with Crippen molar-refractivity contribution in [2.75, 3.05) is 27.3 Å². The largest absolute Gasteiger partial charge is 0.452 e. The molecule has 2 fully saturated rings. The summed E-state index contributed by atoms with van der Waals surface area (Å²) >= 11 is 0. The molecular weight excluding hydrogens is 690 g/mol. The van der Waals surface area contributed by atoms with Crippen molar-refractivity contribution in [3.05, 3.63) is 72.6 Å². The van der Waals surface area contributed by atoms with E-state index < -0.39 is 12.1 Å². The van der Waals surface area contributed by atoms with Crippen LogP contribution in [0.4, 0.5) is 9.59 Å². The van der Waals surface area contributed by atoms with Crippen molar-refractivity contribution in [3.8, 4) is 33.6 Å². The number of urea groups is 1. The first kappa shape index (κ1) is 38.0. The van der Waals surface area contributed by atoms with Crippen LogP contribution in [0.15, 0.2) is 65.9 Å². The topological polar surface area (TPSA) is 170 Å². The Morgan fingerprint density at radius 3 is 1.80 bits per heavy atom. The highest BCUT2D eigenvalue weighted by molar-refractivity contribution is 5.84. The second-order valence-corrected chi connectivity index (χ2v) is 14.1. The zero-order valence-electron chi connectivity index (χ0n) is 31.6. The molecule has 2 aliphatic rings. The van der Waals surface area contributed by atoms with Gasteiger partial charge in [0.1, 0.15) is 17.7 Å². The Labute approximate surface area is 315 Å². The summed E-state index contributed by atoms with van der Waals surface area (Å²) in [4.78, 5) is 72.4. The molecule has 3 N–H and O–H groups in total. The number of amides is 4. The highest BCUT2D eigenvalue weighted by Gasteiger charge is 2.38. The Hall–Kier alpha value is -5.70. The third-order valence-corrected chi connectivity index (χ3v) is 9.95. The van der Waals surface area contributed by atoms with E-state index in [9.17, 15) is 14.4 Å². The number of nitrogens with one attached hydrogen (secondary N) is 3. The molecule has 2 aromatic carbocycles. The van der Waals surface area contributed by atoms with Gasteiger partial charge in [0.05, 0.1) is 50.1 Å². The van der Waals surface area contributed by atoms with E-state index in [0.717, 1.165) is 65.1 Å². The lowest BCUT2D eigenvalue weighted by Crippen LogP contribution is -2.54. The van der Waals surface area contributed by atoms with E-state index in [1.807, 2.05) is 38.8 Å². The zero-order chi connectivity index (χ0) is 38.4. The van der Waals surface area contributed by atoms with Crippen LogP contribution >= 0.6 is 0 Å². The number of carbonyl (C=O) groups excluding carboxylic acids is 3. The van der Waals surface area contributed by atoms with Crippen LogP contribution in [0.2, 0.25) is 0 Å². The molecule has 0 unspecified atom stereocenters. The maximum absolute atomic E-state index is 13.5. The van der Waals surface area contributed by atoms with Crippen LogP contribution in [-0.4, -0.2) is 98.6 Å². The summed E-state index contributed by atoms with van der Waals surface area (Å²) in [7, 11) is 2.66. The number of benzene rings is 2. The molecule has 54 heavy (non-hydrogen) atoms. The third-order valence-electron chi connectivity index (χ3n) is 9.95. The van der Waals surface area contributed by atoms with Crippen molar-refractivity contribution < 1.29 is 28.9 Å². The number of hydrazine groups is 1. The molecule has 15 nitrogen and oxygen atoms in total. The number of rotatable bonds is 11. The molecule has 0 spiro atoms. The van der Waals surface area contributed by atoms with E-state index in [0.29, 0.717) is 18.9 Å². The van der Waals surface area contributed by atoms with Crippen LogP contribution in [0.3, 0.4) is 0 Å². The Morgan fingerprint density at radius 2 is 1.31 bits per heavy atom. The van der Waals surface area contributed by atoms with E-state index in [4.69, 9.17) is 14.6 Å². The number of aromatic amines is 2. The van der Waals surface area contributed by atoms with Crippen LogP contribution in [-0.2, 0) is 19.3 Å². The number of ether oxygens (including phenoxy) is 1. The summed E-state index contributed by atoms with van der Waals surface area (Å²) < 4.78 is 4.71. The summed E-state index contributed by atoms with van der Waals surface area (Å²) in [6, 6.07) is 15.0. The molecule has 4 amide bonds. The lowest BCUT2D eigenvalue weighted by molar-refractivity contribution is -0.188. The summed E-state index contributed by atoms with van der Waals surface area (Å²) in [6.07, 6.45) is 7.40. The van der Waals surface area contributed by atoms with Gasteiger partial charge in [0.15, 0.2) is 0 Å². The number of imidazole rings is 2. The van der Waals surface area contributed by atoms with Crippen molar-refractivity contribution in [2.24, 2.45) is 10.9 Å². The van der Waals surface area contributed by atoms with Gasteiger partial charge in [-0.25, -0.2) is 35.0 Å². The van der Waals surface area contributed by atoms with Crippen molar-refractivity contribution in [1.29, 1.82) is 0 Å². The van der Waals surface area contributed by atoms with Crippen molar-refractivity contribution in [1.82, 2.24) is 40.2 Å². The number of hydrogen-bond acceptors (Lipinski definition) is 9. The van der Waals surface area contributed by atoms with Gasteiger partial charge < -0.3 is 29.4 Å². The maximum Gasteiger partial charge on any atom is 0.425 e. The maximum atomic E-state index is 13.5. The molecule has 286 valence electrons. The van der Waals surface area contributed by atoms with E-state index >= 15 is 0 Å². The molecule has 2 aromatic heterocycles. The summed E-state index contributed by atoms with van der Waals surface area (Å²) in [5.41, 5.74) is 8.36. The van der Waals surface area contributed by atoms with Crippen LogP contribution in [0, 0.1) is 5.92 Å². The number of aliphatic imine (C=N–C) groups is 1. The predicted octanol–water partition coefficient (Wildman–Crippen LogP) is 6.67. The van der Waals surface area contributed by atoms with E-state index in [1.165, 1.54) is 25.6 Å². The van der Waals surface area contributed by atoms with Gasteiger partial charge >= 0.3 is 12.1 Å². The molecule has 2 saturated heterocycles. The van der Waals surface area contributed by atoms with Gasteiger partial charge in [-0.2, -0.15) is 4.89 Å². The third kappa shape index (κ3) is 8.25. The number of aromatic nitrogens is 4. The number of carbonyl (C=O) groups is 3. The Morgan fingerprint density at radius 1 is 0.815 bits per heavy atom. The normalized spacial score (nSPS) is 17.8. The van der Waals surface area contributed by atoms with E-state index in [-0.39, 0.29) is 36.0 Å². The summed E-state index contributed by atoms with van der Waals surface area (Å²) in [5, 5.41) is 1.29. The van der Waals surface area contributed by atoms with Gasteiger partial charge in [0.25, 0.3) is 0 Å². The molecule has 0 bridgehead atoms. The predicted molar refractivity (Wildman–Crippen MR) is 203 cm³/mol. The van der Waals surface area contributed by atoms with Gasteiger partial charge in [0, 0.05) is 19.1 Å². The Balaban J connectivity index is 1.10. The van der Waals surface area contributed by atoms with Crippen LogP contribution < -0.4 is 5.43 Å². The molecule has 3 atom stereocenters. The lowest BCUT2D eigenvalue weighted by Gasteiger charge is -2.33. The SMILES string of the molecule is COOC=N[C@H](C(=O)N1CCC[C@H]1c1ncc(-c2ccc(-c3ccc(-c4cnc([C@@H]5CCCN5C(=O)N(NC(=O)OC)C(C)C)[nH]4)cc3)cc2)[nH]1)C(C)C. The van der Waals surface area contributed by atoms with Crippen LogP contribution in [0.5, 0.6) is 0 Å². The average Bonchev–Trinajstić information content (AvgIpc) is 4.02. The van der Waals surface area contributed by atoms with Crippen LogP contribution in [0.25, 0.3) is 33.6 Å². The summed E-state index contributed by atoms with van der Waals surface area (Å²) in [5.74, 6) is 1.40. The first-order chi connectivity index (χ1) is 26.1. The first-order valence-electron chi connectivity index (χ1n) is 18.4. The van der Waals surface area contributed by atoms with Gasteiger partial charge in [-0.15, -0.1) is 0 Å². The highest BCUT2D eigenvalue weighted by atomic mass is 17.2. The van der Waals surface area contributed by atoms with Crippen LogP contribution in [0.1, 0.15) is 77.1 Å². The van der Waals surface area contributed by atoms with Crippen molar-refractivity contribution in [2.45, 2.75) is 77.5 Å². The fraction of sp³-hybridized carbons (Fsp3) is 0.436. The Bertz CT molecular complexity index is 1920. The standard InChI is InChI=1S/C39H49N9O6/c1-24(2)34(42-23-54-53-6)37(49)46-19-7-9-32(46)35-40-21-30(43-35)28-15-11-26(12-16-28)27-13-17-29(18-14-27)31-22-41-36(44-31)33-10-8-20-47(33)39(51)48(25(3)4)45-38(50)52-5/h11-18,21-25,32-34H,7-10,19-20H2,1-6H3,(H,40,43)(H,41,44)(H,45,50)/t32-,33-,34-/m0/s1. The quantitative estimate of drug-likeness (QED) is 0.0663. The monoisotopic (exact) mass is 739 g/mol. The smallest absolute Gasteiger partial charge is 0.425 e. The second kappa shape index (κ2) is 17.0. The molecule has 4 aromatic rings. The van der Waals surface area contributed by atoms with Gasteiger partial charge in [0.2, 0.25) is 12.3 Å². The molecule has 0 radical (unpaired) electrons. The molecule has 0 aliphatic carbocycles. The minimum absolute atomic E-state index is 0.0104. The number of likely N-dealkylation sites (tertiary alicyclic amines) is 2. The Kier molecular flexibility index (Phi) is 12.0. The molecule has 0 saturated carbocycles. The van der Waals surface area contributed by atoms with E-state index in [2.05, 4.69) is 78.8 Å². The minimum atomic E-state index is -0.695. The molecule has 15 heteroatoms. The number of methoxy groups -OCH3 is 1. The summed E-state index contributed by atoms with van der Waals surface area (Å²) in [6.45, 7) is 8.78. The van der Waals surface area contributed by atoms with Crippen molar-refractivity contribution >= 4 is 24.4 Å². The molecular formula is C39H49N9O6. The highest BCUT2D eigenvalue weighted by Crippen LogP contribution is 2.35. The van der Waals surface area contributed by atoms with Gasteiger partial charge in [-0.05, 0) is 67.7 Å². The lowest BCUT2D eigenvalue weighted by atomic mass is 10.0. The minimum Gasteiger partial charge on any atom is -0.452 e. The van der Waals surface area contributed by atoms with E-state index in [1.54, 1.807) is 11.1 Å². The molecule has 2 aliphatic heterocycles. The fourth-order valence-electron chi connectivity index (χ4n) is 7.09. The van der Waals surface area contributed by atoms with Crippen molar-refractivity contribution in [3.63, 3.8) is 0 Å². The first-order valence-corrected chi connectivity index (χ1v) is 18.4. The van der Waals surface area contributed by atoms with Gasteiger partial charge in [-0.3, -0.25) is 4.79 Å². The second-order valence-electron chi connectivity index (χ2n) is 14.1. The average molecular weight is 740 g/mol. The number of nitrogens with zero attached hydrogens (tertiary/aromatic N) is 6. The zero-order valence-corrected chi connectivity index (χ0v) is 31.6. The number of hydrogen-bond donors (Lipinski definition) is 3.